The van der Waals surface area contributed by atoms with Gasteiger partial charge >= 0.3 is 0 Å². The van der Waals surface area contributed by atoms with Gasteiger partial charge in [-0.2, -0.15) is 0 Å². The second-order valence-corrected chi connectivity index (χ2v) is 4.95. The van der Waals surface area contributed by atoms with E-state index < -0.39 is 0 Å². The fraction of sp³-hybridized carbons (Fsp3) is 0.500. The van der Waals surface area contributed by atoms with E-state index in [1.807, 2.05) is 12.1 Å². The fourth-order valence-corrected chi connectivity index (χ4v) is 2.79. The van der Waals surface area contributed by atoms with Crippen LogP contribution in [0.2, 0.25) is 0 Å². The van der Waals surface area contributed by atoms with Gasteiger partial charge in [0.15, 0.2) is 0 Å². The predicted molar refractivity (Wildman–Crippen MR) is 60.5 cm³/mol. The third kappa shape index (κ3) is 1.23. The molecule has 80 valence electrons. The Morgan fingerprint density at radius 2 is 1.93 bits per heavy atom. The lowest BCUT2D eigenvalue weighted by Crippen LogP contribution is -2.51. The molecule has 1 aromatic rings. The van der Waals surface area contributed by atoms with Gasteiger partial charge in [0.05, 0.1) is 24.6 Å². The summed E-state index contributed by atoms with van der Waals surface area (Å²) in [6.07, 6.45) is 2.42. The van der Waals surface area contributed by atoms with E-state index in [0.717, 1.165) is 18.9 Å². The molecule has 1 aromatic carbocycles. The molecular formula is C12H16N2O. The van der Waals surface area contributed by atoms with Gasteiger partial charge in [-0.25, -0.2) is 0 Å². The van der Waals surface area contributed by atoms with Gasteiger partial charge in [-0.3, -0.25) is 0 Å². The zero-order valence-corrected chi connectivity index (χ0v) is 8.70. The van der Waals surface area contributed by atoms with Crippen molar-refractivity contribution in [2.24, 2.45) is 5.41 Å². The molecule has 1 saturated heterocycles. The van der Waals surface area contributed by atoms with E-state index in [1.165, 1.54) is 18.4 Å². The fourth-order valence-electron chi connectivity index (χ4n) is 2.79. The molecule has 3 nitrogen and oxygen atoms in total. The van der Waals surface area contributed by atoms with Crippen molar-refractivity contribution in [3.8, 4) is 0 Å². The number of ether oxygens (including phenoxy) is 1. The monoisotopic (exact) mass is 204 g/mol. The first-order valence-corrected chi connectivity index (χ1v) is 5.42. The summed E-state index contributed by atoms with van der Waals surface area (Å²) in [5, 5.41) is 0. The van der Waals surface area contributed by atoms with Crippen LogP contribution in [0, 0.1) is 5.41 Å². The number of para-hydroxylation sites is 1. The highest BCUT2D eigenvalue weighted by Crippen LogP contribution is 2.56. The van der Waals surface area contributed by atoms with Crippen molar-refractivity contribution in [1.29, 1.82) is 0 Å². The summed E-state index contributed by atoms with van der Waals surface area (Å²) in [4.78, 5) is 0. The molecule has 15 heavy (non-hydrogen) atoms. The van der Waals surface area contributed by atoms with Gasteiger partial charge in [0.1, 0.15) is 0 Å². The van der Waals surface area contributed by atoms with Gasteiger partial charge in [-0.1, -0.05) is 12.1 Å². The van der Waals surface area contributed by atoms with Crippen molar-refractivity contribution in [1.82, 2.24) is 0 Å². The molecule has 1 aliphatic heterocycles. The van der Waals surface area contributed by atoms with Crippen LogP contribution in [0.25, 0.3) is 0 Å². The molecule has 0 bridgehead atoms. The van der Waals surface area contributed by atoms with Crippen LogP contribution < -0.4 is 11.5 Å². The minimum Gasteiger partial charge on any atom is -0.397 e. The number of nitrogen functional groups attached to an aromatic ring is 2. The molecule has 3 heteroatoms. The minimum absolute atomic E-state index is 0.488. The molecule has 3 rings (SSSR count). The first-order valence-electron chi connectivity index (χ1n) is 5.42. The Bertz CT molecular complexity index is 391. The summed E-state index contributed by atoms with van der Waals surface area (Å²) < 4.78 is 5.26. The first-order chi connectivity index (χ1) is 7.20. The topological polar surface area (TPSA) is 61.3 Å². The summed E-state index contributed by atoms with van der Waals surface area (Å²) in [5.41, 5.74) is 15.0. The first kappa shape index (κ1) is 9.04. The van der Waals surface area contributed by atoms with Gasteiger partial charge in [0, 0.05) is 5.41 Å². The number of nitrogens with two attached hydrogens (primary N) is 2. The maximum Gasteiger partial charge on any atom is 0.0583 e. The SMILES string of the molecule is Nc1cccc(C2CC3(COC3)C2)c1N. The smallest absolute Gasteiger partial charge is 0.0583 e. The summed E-state index contributed by atoms with van der Waals surface area (Å²) in [6.45, 7) is 1.87. The Morgan fingerprint density at radius 3 is 2.53 bits per heavy atom. The molecule has 1 saturated carbocycles. The number of rotatable bonds is 1. The molecule has 0 radical (unpaired) electrons. The van der Waals surface area contributed by atoms with Crippen LogP contribution in [0.3, 0.4) is 0 Å². The van der Waals surface area contributed by atoms with Crippen molar-refractivity contribution in [2.75, 3.05) is 24.7 Å². The van der Waals surface area contributed by atoms with Crippen LogP contribution in [0.5, 0.6) is 0 Å². The van der Waals surface area contributed by atoms with Crippen molar-refractivity contribution in [3.63, 3.8) is 0 Å². The largest absolute Gasteiger partial charge is 0.397 e. The van der Waals surface area contributed by atoms with Gasteiger partial charge in [0.2, 0.25) is 0 Å². The Hall–Kier alpha value is -1.22. The standard InChI is InChI=1S/C12H16N2O/c13-10-3-1-2-9(11(10)14)8-4-12(5-8)6-15-7-12/h1-3,8H,4-7,13-14H2. The molecular weight excluding hydrogens is 188 g/mol. The number of anilines is 2. The maximum atomic E-state index is 5.98. The highest BCUT2D eigenvalue weighted by Gasteiger charge is 2.50. The minimum atomic E-state index is 0.488. The van der Waals surface area contributed by atoms with E-state index in [2.05, 4.69) is 6.07 Å². The van der Waals surface area contributed by atoms with Crippen LogP contribution in [-0.4, -0.2) is 13.2 Å². The van der Waals surface area contributed by atoms with Crippen molar-refractivity contribution < 1.29 is 4.74 Å². The van der Waals surface area contributed by atoms with Crippen LogP contribution in [0.4, 0.5) is 11.4 Å². The zero-order chi connectivity index (χ0) is 10.5. The normalized spacial score (nSPS) is 23.5. The summed E-state index contributed by atoms with van der Waals surface area (Å²) in [5.74, 6) is 0.595. The molecule has 2 fully saturated rings. The van der Waals surface area contributed by atoms with E-state index in [0.29, 0.717) is 17.0 Å². The Kier molecular flexibility index (Phi) is 1.74. The van der Waals surface area contributed by atoms with Crippen LogP contribution in [0.15, 0.2) is 18.2 Å². The molecule has 1 aliphatic carbocycles. The average molecular weight is 204 g/mol. The number of hydrogen-bond acceptors (Lipinski definition) is 3. The van der Waals surface area contributed by atoms with E-state index in [1.54, 1.807) is 0 Å². The van der Waals surface area contributed by atoms with Crippen molar-refractivity contribution in [2.45, 2.75) is 18.8 Å². The molecule has 0 atom stereocenters. The highest BCUT2D eigenvalue weighted by molar-refractivity contribution is 5.68. The van der Waals surface area contributed by atoms with Gasteiger partial charge < -0.3 is 16.2 Å². The molecule has 1 spiro atoms. The Balaban J connectivity index is 1.80. The Labute approximate surface area is 89.4 Å². The van der Waals surface area contributed by atoms with E-state index in [-0.39, 0.29) is 0 Å². The van der Waals surface area contributed by atoms with Crippen molar-refractivity contribution >= 4 is 11.4 Å². The molecule has 0 unspecified atom stereocenters. The number of benzene rings is 1. The molecule has 0 aromatic heterocycles. The predicted octanol–water partition coefficient (Wildman–Crippen LogP) is 1.75. The quantitative estimate of drug-likeness (QED) is 0.685. The van der Waals surface area contributed by atoms with Gasteiger partial charge in [-0.05, 0) is 30.4 Å². The zero-order valence-electron chi connectivity index (χ0n) is 8.70. The molecule has 2 aliphatic rings. The highest BCUT2D eigenvalue weighted by atomic mass is 16.5. The molecule has 4 N–H and O–H groups in total. The number of hydrogen-bond donors (Lipinski definition) is 2. The van der Waals surface area contributed by atoms with Gasteiger partial charge in [-0.15, -0.1) is 0 Å². The van der Waals surface area contributed by atoms with E-state index >= 15 is 0 Å². The maximum absolute atomic E-state index is 5.98. The average Bonchev–Trinajstić information content (AvgIpc) is 2.07. The van der Waals surface area contributed by atoms with Gasteiger partial charge in [0.25, 0.3) is 0 Å². The lowest BCUT2D eigenvalue weighted by molar-refractivity contribution is -0.164. The van der Waals surface area contributed by atoms with E-state index in [4.69, 9.17) is 16.2 Å². The lowest BCUT2D eigenvalue weighted by Gasteiger charge is -2.53. The molecule has 1 heterocycles. The van der Waals surface area contributed by atoms with Crippen LogP contribution in [-0.2, 0) is 4.74 Å². The summed E-state index contributed by atoms with van der Waals surface area (Å²) in [6, 6.07) is 5.95. The van der Waals surface area contributed by atoms with Crippen molar-refractivity contribution in [3.05, 3.63) is 23.8 Å². The van der Waals surface area contributed by atoms with Crippen LogP contribution >= 0.6 is 0 Å². The third-order valence-corrected chi connectivity index (χ3v) is 3.79. The Morgan fingerprint density at radius 1 is 1.20 bits per heavy atom. The third-order valence-electron chi connectivity index (χ3n) is 3.79. The second kappa shape index (κ2) is 2.89. The lowest BCUT2D eigenvalue weighted by atomic mass is 9.58. The van der Waals surface area contributed by atoms with E-state index in [9.17, 15) is 0 Å². The summed E-state index contributed by atoms with van der Waals surface area (Å²) >= 11 is 0. The molecule has 0 amide bonds. The van der Waals surface area contributed by atoms with Crippen LogP contribution in [0.1, 0.15) is 24.3 Å². The summed E-state index contributed by atoms with van der Waals surface area (Å²) in [7, 11) is 0. The second-order valence-electron chi connectivity index (χ2n) is 4.95.